The van der Waals surface area contributed by atoms with Gasteiger partial charge in [0.2, 0.25) is 0 Å². The Kier molecular flexibility index (Phi) is 4.25. The number of methoxy groups -OCH3 is 1. The third-order valence-electron chi connectivity index (χ3n) is 2.78. The van der Waals surface area contributed by atoms with Crippen molar-refractivity contribution < 1.29 is 13.9 Å². The van der Waals surface area contributed by atoms with Crippen molar-refractivity contribution in [2.45, 2.75) is 6.92 Å². The Labute approximate surface area is 121 Å². The summed E-state index contributed by atoms with van der Waals surface area (Å²) in [6.07, 6.45) is 0. The lowest BCUT2D eigenvalue weighted by atomic mass is 10.1. The number of aryl methyl sites for hydroxylation is 1. The van der Waals surface area contributed by atoms with E-state index in [1.54, 1.807) is 31.2 Å². The molecule has 2 rings (SSSR count). The molecule has 0 bridgehead atoms. The van der Waals surface area contributed by atoms with Gasteiger partial charge in [0.15, 0.2) is 0 Å². The third kappa shape index (κ3) is 3.08. The van der Waals surface area contributed by atoms with E-state index in [4.69, 9.17) is 16.3 Å². The van der Waals surface area contributed by atoms with Crippen LogP contribution in [0.25, 0.3) is 0 Å². The molecule has 0 aromatic heterocycles. The molecule has 20 heavy (non-hydrogen) atoms. The number of carbonyl (C=O) groups is 1. The van der Waals surface area contributed by atoms with Gasteiger partial charge >= 0.3 is 0 Å². The molecule has 0 saturated carbocycles. The first-order chi connectivity index (χ1) is 9.51. The molecule has 0 aliphatic rings. The number of carbonyl (C=O) groups excluding carboxylic acids is 1. The van der Waals surface area contributed by atoms with Crippen molar-refractivity contribution in [2.75, 3.05) is 12.4 Å². The van der Waals surface area contributed by atoms with Gasteiger partial charge in [-0.05, 0) is 42.8 Å². The summed E-state index contributed by atoms with van der Waals surface area (Å²) in [5, 5.41) is 3.04. The van der Waals surface area contributed by atoms with Gasteiger partial charge < -0.3 is 10.1 Å². The maximum atomic E-state index is 13.7. The third-order valence-corrected chi connectivity index (χ3v) is 3.01. The van der Waals surface area contributed by atoms with E-state index < -0.39 is 11.7 Å². The number of halogens is 2. The molecule has 0 saturated heterocycles. The molecule has 5 heteroatoms. The van der Waals surface area contributed by atoms with Crippen molar-refractivity contribution in [3.8, 4) is 5.75 Å². The summed E-state index contributed by atoms with van der Waals surface area (Å²) in [6.45, 7) is 1.75. The van der Waals surface area contributed by atoms with Crippen LogP contribution in [0.3, 0.4) is 0 Å². The molecule has 0 aliphatic heterocycles. The molecule has 0 aliphatic carbocycles. The van der Waals surface area contributed by atoms with Gasteiger partial charge in [0, 0.05) is 5.02 Å². The van der Waals surface area contributed by atoms with Crippen LogP contribution in [-0.2, 0) is 0 Å². The molecule has 2 aromatic rings. The van der Waals surface area contributed by atoms with E-state index in [1.807, 2.05) is 0 Å². The van der Waals surface area contributed by atoms with Gasteiger partial charge in [0.25, 0.3) is 5.91 Å². The number of hydrogen-bond acceptors (Lipinski definition) is 2. The van der Waals surface area contributed by atoms with E-state index in [-0.39, 0.29) is 5.56 Å². The predicted molar refractivity (Wildman–Crippen MR) is 77.1 cm³/mol. The van der Waals surface area contributed by atoms with Crippen LogP contribution < -0.4 is 10.1 Å². The van der Waals surface area contributed by atoms with E-state index in [1.165, 1.54) is 19.2 Å². The number of ether oxygens (including phenoxy) is 1. The number of hydrogen-bond donors (Lipinski definition) is 1. The lowest BCUT2D eigenvalue weighted by Crippen LogP contribution is -2.14. The van der Waals surface area contributed by atoms with Crippen LogP contribution in [0.15, 0.2) is 36.4 Å². The van der Waals surface area contributed by atoms with Crippen LogP contribution in [0.2, 0.25) is 5.02 Å². The maximum absolute atomic E-state index is 13.7. The molecule has 0 unspecified atom stereocenters. The van der Waals surface area contributed by atoms with Crippen LogP contribution in [0.4, 0.5) is 10.1 Å². The minimum Gasteiger partial charge on any atom is -0.495 e. The summed E-state index contributed by atoms with van der Waals surface area (Å²) < 4.78 is 18.9. The second kappa shape index (κ2) is 5.92. The smallest absolute Gasteiger partial charge is 0.258 e. The molecular weight excluding hydrogens is 281 g/mol. The fraction of sp³-hybridized carbons (Fsp3) is 0.133. The SMILES string of the molecule is COc1ccc(Cl)cc1NC(=O)c1ccc(C)cc1F. The predicted octanol–water partition coefficient (Wildman–Crippen LogP) is 4.05. The molecule has 0 atom stereocenters. The quantitative estimate of drug-likeness (QED) is 0.927. The van der Waals surface area contributed by atoms with Gasteiger partial charge in [-0.25, -0.2) is 4.39 Å². The number of anilines is 1. The van der Waals surface area contributed by atoms with Crippen molar-refractivity contribution in [2.24, 2.45) is 0 Å². The van der Waals surface area contributed by atoms with Crippen LogP contribution in [-0.4, -0.2) is 13.0 Å². The zero-order valence-corrected chi connectivity index (χ0v) is 11.8. The standard InChI is InChI=1S/C15H13ClFNO2/c1-9-3-5-11(12(17)7-9)15(19)18-13-8-10(16)4-6-14(13)20-2/h3-8H,1-2H3,(H,18,19). The second-order valence-corrected chi connectivity index (χ2v) is 4.72. The van der Waals surface area contributed by atoms with Crippen LogP contribution in [0.1, 0.15) is 15.9 Å². The first-order valence-electron chi connectivity index (χ1n) is 5.92. The van der Waals surface area contributed by atoms with E-state index in [2.05, 4.69) is 5.32 Å². The number of amides is 1. The highest BCUT2D eigenvalue weighted by molar-refractivity contribution is 6.31. The topological polar surface area (TPSA) is 38.3 Å². The van der Waals surface area contributed by atoms with E-state index in [9.17, 15) is 9.18 Å². The summed E-state index contributed by atoms with van der Waals surface area (Å²) in [6, 6.07) is 9.24. The van der Waals surface area contributed by atoms with E-state index in [0.717, 1.165) is 5.56 Å². The molecule has 0 radical (unpaired) electrons. The highest BCUT2D eigenvalue weighted by Crippen LogP contribution is 2.28. The van der Waals surface area contributed by atoms with E-state index >= 15 is 0 Å². The Hall–Kier alpha value is -2.07. The molecule has 2 aromatic carbocycles. The molecular formula is C15H13ClFNO2. The maximum Gasteiger partial charge on any atom is 0.258 e. The van der Waals surface area contributed by atoms with Gasteiger partial charge in [0.1, 0.15) is 11.6 Å². The zero-order valence-electron chi connectivity index (χ0n) is 11.0. The number of nitrogens with one attached hydrogen (secondary N) is 1. The molecule has 0 spiro atoms. The molecule has 0 fully saturated rings. The van der Waals surface area contributed by atoms with Crippen LogP contribution >= 0.6 is 11.6 Å². The Morgan fingerprint density at radius 1 is 1.25 bits per heavy atom. The molecule has 104 valence electrons. The van der Waals surface area contributed by atoms with Gasteiger partial charge in [-0.3, -0.25) is 4.79 Å². The number of rotatable bonds is 3. The van der Waals surface area contributed by atoms with Crippen LogP contribution in [0.5, 0.6) is 5.75 Å². The Morgan fingerprint density at radius 3 is 2.65 bits per heavy atom. The molecule has 1 amide bonds. The fourth-order valence-electron chi connectivity index (χ4n) is 1.77. The first kappa shape index (κ1) is 14.3. The average Bonchev–Trinajstić information content (AvgIpc) is 2.38. The molecule has 0 heterocycles. The monoisotopic (exact) mass is 293 g/mol. The van der Waals surface area contributed by atoms with Crippen molar-refractivity contribution >= 4 is 23.2 Å². The van der Waals surface area contributed by atoms with E-state index in [0.29, 0.717) is 16.5 Å². The van der Waals surface area contributed by atoms with Crippen molar-refractivity contribution in [3.05, 3.63) is 58.4 Å². The summed E-state index contributed by atoms with van der Waals surface area (Å²) in [5.74, 6) is -0.665. The molecule has 1 N–H and O–H groups in total. The van der Waals surface area contributed by atoms with Gasteiger partial charge in [-0.1, -0.05) is 17.7 Å². The lowest BCUT2D eigenvalue weighted by molar-refractivity contribution is 0.102. The Morgan fingerprint density at radius 2 is 2.00 bits per heavy atom. The highest BCUT2D eigenvalue weighted by Gasteiger charge is 2.14. The number of benzene rings is 2. The zero-order chi connectivity index (χ0) is 14.7. The first-order valence-corrected chi connectivity index (χ1v) is 6.30. The Bertz CT molecular complexity index is 658. The Balaban J connectivity index is 2.30. The summed E-state index contributed by atoms with van der Waals surface area (Å²) in [7, 11) is 1.48. The van der Waals surface area contributed by atoms with Crippen molar-refractivity contribution in [3.63, 3.8) is 0 Å². The molecule has 3 nitrogen and oxygen atoms in total. The van der Waals surface area contributed by atoms with Crippen LogP contribution in [0, 0.1) is 12.7 Å². The largest absolute Gasteiger partial charge is 0.495 e. The minimum atomic E-state index is -0.566. The van der Waals surface area contributed by atoms with Gasteiger partial charge in [-0.2, -0.15) is 0 Å². The summed E-state index contributed by atoms with van der Waals surface area (Å²) >= 11 is 5.87. The minimum absolute atomic E-state index is 0.0300. The fourth-order valence-corrected chi connectivity index (χ4v) is 1.94. The summed E-state index contributed by atoms with van der Waals surface area (Å²) in [4.78, 5) is 12.1. The summed E-state index contributed by atoms with van der Waals surface area (Å²) in [5.41, 5.74) is 1.11. The normalized spacial score (nSPS) is 10.2. The highest BCUT2D eigenvalue weighted by atomic mass is 35.5. The van der Waals surface area contributed by atoms with Crippen molar-refractivity contribution in [1.29, 1.82) is 0 Å². The van der Waals surface area contributed by atoms with Gasteiger partial charge in [0.05, 0.1) is 18.4 Å². The lowest BCUT2D eigenvalue weighted by Gasteiger charge is -2.11. The average molecular weight is 294 g/mol. The van der Waals surface area contributed by atoms with Crippen molar-refractivity contribution in [1.82, 2.24) is 0 Å². The van der Waals surface area contributed by atoms with Gasteiger partial charge in [-0.15, -0.1) is 0 Å². The second-order valence-electron chi connectivity index (χ2n) is 4.28.